The first-order valence-corrected chi connectivity index (χ1v) is 4.98. The van der Waals surface area contributed by atoms with Crippen LogP contribution in [0, 0.1) is 0 Å². The maximum absolute atomic E-state index is 12.6. The van der Waals surface area contributed by atoms with Gasteiger partial charge in [0.25, 0.3) is 0 Å². The molecule has 0 spiro atoms. The van der Waals surface area contributed by atoms with Crippen LogP contribution in [0.15, 0.2) is 30.5 Å². The number of aromatic nitrogens is 2. The highest BCUT2D eigenvalue weighted by Gasteiger charge is 2.45. The summed E-state index contributed by atoms with van der Waals surface area (Å²) in [6, 6.07) is 4.68. The average Bonchev–Trinajstić information content (AvgIpc) is 2.74. The topological polar surface area (TPSA) is 28.7 Å². The summed E-state index contributed by atoms with van der Waals surface area (Å²) in [6.07, 6.45) is -8.93. The minimum absolute atomic E-state index is 0.00324. The Morgan fingerprint density at radius 3 is 2.05 bits per heavy atom. The van der Waals surface area contributed by atoms with Crippen LogP contribution >= 0.6 is 0 Å². The number of halogens is 6. The molecule has 2 rings (SSSR count). The largest absolute Gasteiger partial charge is 0.431 e. The van der Waals surface area contributed by atoms with Crippen molar-refractivity contribution in [3.05, 3.63) is 41.7 Å². The van der Waals surface area contributed by atoms with E-state index in [4.69, 9.17) is 0 Å². The Morgan fingerprint density at radius 2 is 1.63 bits per heavy atom. The van der Waals surface area contributed by atoms with Gasteiger partial charge in [-0.2, -0.15) is 26.3 Å². The normalized spacial score (nSPS) is 12.7. The van der Waals surface area contributed by atoms with Crippen molar-refractivity contribution in [3.63, 3.8) is 0 Å². The average molecular weight is 280 g/mol. The van der Waals surface area contributed by atoms with Crippen LogP contribution in [0.3, 0.4) is 0 Å². The summed E-state index contributed by atoms with van der Waals surface area (Å²) >= 11 is 0. The minimum atomic E-state index is -5.11. The number of H-pyrrole nitrogens is 1. The minimum Gasteiger partial charge on any atom is -0.349 e. The van der Waals surface area contributed by atoms with E-state index in [2.05, 4.69) is 4.98 Å². The molecule has 0 aromatic carbocycles. The van der Waals surface area contributed by atoms with Gasteiger partial charge in [0.15, 0.2) is 0 Å². The van der Waals surface area contributed by atoms with Crippen molar-refractivity contribution in [2.45, 2.75) is 12.4 Å². The van der Waals surface area contributed by atoms with Crippen LogP contribution in [0.4, 0.5) is 26.3 Å². The zero-order chi connectivity index (χ0) is 14.3. The fourth-order valence-corrected chi connectivity index (χ4v) is 1.56. The molecule has 2 aromatic heterocycles. The zero-order valence-electron chi connectivity index (χ0n) is 9.10. The van der Waals surface area contributed by atoms with Crippen molar-refractivity contribution in [1.82, 2.24) is 9.97 Å². The zero-order valence-corrected chi connectivity index (χ0v) is 9.10. The summed E-state index contributed by atoms with van der Waals surface area (Å²) in [5.74, 6) is 0. The van der Waals surface area contributed by atoms with E-state index in [1.165, 1.54) is 24.4 Å². The van der Waals surface area contributed by atoms with Crippen LogP contribution in [0.2, 0.25) is 0 Å². The van der Waals surface area contributed by atoms with Crippen LogP contribution in [0.5, 0.6) is 0 Å². The van der Waals surface area contributed by atoms with Gasteiger partial charge in [-0.15, -0.1) is 0 Å². The maximum Gasteiger partial charge on any atom is 0.431 e. The highest BCUT2D eigenvalue weighted by atomic mass is 19.4. The van der Waals surface area contributed by atoms with E-state index in [1.807, 2.05) is 0 Å². The van der Waals surface area contributed by atoms with E-state index < -0.39 is 23.6 Å². The summed E-state index contributed by atoms with van der Waals surface area (Å²) in [6.45, 7) is 0. The Kier molecular flexibility index (Phi) is 3.03. The van der Waals surface area contributed by atoms with E-state index in [-0.39, 0.29) is 11.4 Å². The van der Waals surface area contributed by atoms with Crippen LogP contribution < -0.4 is 0 Å². The first-order chi connectivity index (χ1) is 8.69. The van der Waals surface area contributed by atoms with Crippen LogP contribution in [0.25, 0.3) is 11.4 Å². The smallest absolute Gasteiger partial charge is 0.349 e. The van der Waals surface area contributed by atoms with Gasteiger partial charge in [0.2, 0.25) is 0 Å². The number of hydrogen-bond donors (Lipinski definition) is 1. The summed E-state index contributed by atoms with van der Waals surface area (Å²) in [4.78, 5) is 5.44. The second kappa shape index (κ2) is 4.29. The standard InChI is InChI=1S/C11H6F6N2/c12-10(13,14)6-5-8(7-3-1-2-4-18-7)19-9(6)11(15,16)17/h1-5,19H. The van der Waals surface area contributed by atoms with Crippen molar-refractivity contribution in [3.8, 4) is 11.4 Å². The van der Waals surface area contributed by atoms with Crippen molar-refractivity contribution in [2.75, 3.05) is 0 Å². The molecule has 2 nitrogen and oxygen atoms in total. The van der Waals surface area contributed by atoms with E-state index in [0.29, 0.717) is 6.07 Å². The van der Waals surface area contributed by atoms with Crippen LogP contribution in [-0.2, 0) is 12.4 Å². The number of aromatic amines is 1. The highest BCUT2D eigenvalue weighted by molar-refractivity contribution is 5.57. The number of pyridine rings is 1. The lowest BCUT2D eigenvalue weighted by atomic mass is 10.2. The summed E-state index contributed by atoms with van der Waals surface area (Å²) in [5.41, 5.74) is -3.90. The number of alkyl halides is 6. The fourth-order valence-electron chi connectivity index (χ4n) is 1.56. The Balaban J connectivity index is 2.59. The first-order valence-electron chi connectivity index (χ1n) is 4.98. The first kappa shape index (κ1) is 13.4. The second-order valence-electron chi connectivity index (χ2n) is 3.68. The van der Waals surface area contributed by atoms with E-state index in [1.54, 1.807) is 4.98 Å². The van der Waals surface area contributed by atoms with Gasteiger partial charge in [0.05, 0.1) is 17.0 Å². The molecule has 1 N–H and O–H groups in total. The van der Waals surface area contributed by atoms with Crippen molar-refractivity contribution in [2.24, 2.45) is 0 Å². The van der Waals surface area contributed by atoms with Crippen molar-refractivity contribution in [1.29, 1.82) is 0 Å². The molecule has 102 valence electrons. The predicted molar refractivity (Wildman–Crippen MR) is 54.0 cm³/mol. The molecule has 0 bridgehead atoms. The lowest BCUT2D eigenvalue weighted by Gasteiger charge is -2.09. The third-order valence-electron chi connectivity index (χ3n) is 2.35. The van der Waals surface area contributed by atoms with Gasteiger partial charge >= 0.3 is 12.4 Å². The quantitative estimate of drug-likeness (QED) is 0.782. The molecule has 0 atom stereocenters. The van der Waals surface area contributed by atoms with Gasteiger partial charge < -0.3 is 4.98 Å². The maximum atomic E-state index is 12.6. The number of nitrogens with zero attached hydrogens (tertiary/aromatic N) is 1. The molecule has 0 unspecified atom stereocenters. The monoisotopic (exact) mass is 280 g/mol. The molecular formula is C11H6F6N2. The third kappa shape index (κ3) is 2.72. The summed E-state index contributed by atoms with van der Waals surface area (Å²) in [5, 5.41) is 0. The Bertz CT molecular complexity index is 536. The predicted octanol–water partition coefficient (Wildman–Crippen LogP) is 4.11. The van der Waals surface area contributed by atoms with E-state index in [0.717, 1.165) is 0 Å². The molecule has 19 heavy (non-hydrogen) atoms. The van der Waals surface area contributed by atoms with Crippen LogP contribution in [-0.4, -0.2) is 9.97 Å². The summed E-state index contributed by atoms with van der Waals surface area (Å²) < 4.78 is 75.4. The van der Waals surface area contributed by atoms with Gasteiger partial charge in [-0.05, 0) is 18.2 Å². The lowest BCUT2D eigenvalue weighted by molar-refractivity contribution is -0.163. The molecule has 0 aliphatic rings. The van der Waals surface area contributed by atoms with Crippen LogP contribution in [0.1, 0.15) is 11.3 Å². The number of hydrogen-bond acceptors (Lipinski definition) is 1. The number of nitrogens with one attached hydrogen (secondary N) is 1. The Hall–Kier alpha value is -1.99. The molecule has 0 saturated carbocycles. The van der Waals surface area contributed by atoms with Gasteiger partial charge in [-0.3, -0.25) is 4.98 Å². The molecule has 0 saturated heterocycles. The third-order valence-corrected chi connectivity index (χ3v) is 2.35. The van der Waals surface area contributed by atoms with Gasteiger partial charge in [-0.1, -0.05) is 6.07 Å². The molecule has 2 heterocycles. The molecule has 0 fully saturated rings. The molecular weight excluding hydrogens is 274 g/mol. The molecule has 0 amide bonds. The molecule has 8 heteroatoms. The fraction of sp³-hybridized carbons (Fsp3) is 0.182. The molecule has 0 aliphatic heterocycles. The van der Waals surface area contributed by atoms with E-state index in [9.17, 15) is 26.3 Å². The van der Waals surface area contributed by atoms with Gasteiger partial charge in [-0.25, -0.2) is 0 Å². The van der Waals surface area contributed by atoms with E-state index >= 15 is 0 Å². The van der Waals surface area contributed by atoms with Crippen molar-refractivity contribution < 1.29 is 26.3 Å². The van der Waals surface area contributed by atoms with Crippen molar-refractivity contribution >= 4 is 0 Å². The molecule has 0 aliphatic carbocycles. The molecule has 2 aromatic rings. The SMILES string of the molecule is FC(F)(F)c1cc(-c2ccccn2)[nH]c1C(F)(F)F. The lowest BCUT2D eigenvalue weighted by Crippen LogP contribution is -2.15. The second-order valence-corrected chi connectivity index (χ2v) is 3.68. The number of rotatable bonds is 1. The molecule has 0 radical (unpaired) electrons. The Labute approximate surface area is 103 Å². The summed E-state index contributed by atoms with van der Waals surface area (Å²) in [7, 11) is 0. The van der Waals surface area contributed by atoms with Gasteiger partial charge in [0, 0.05) is 6.20 Å². The Morgan fingerprint density at radius 1 is 0.947 bits per heavy atom. The highest BCUT2D eigenvalue weighted by Crippen LogP contribution is 2.41. The van der Waals surface area contributed by atoms with Gasteiger partial charge in [0.1, 0.15) is 5.69 Å².